The molecule has 0 bridgehead atoms. The Bertz CT molecular complexity index is 427. The van der Waals surface area contributed by atoms with E-state index in [1.54, 1.807) is 0 Å². The Morgan fingerprint density at radius 2 is 1.82 bits per heavy atom. The minimum Gasteiger partial charge on any atom is -0.394 e. The molecule has 0 radical (unpaired) electrons. The molecule has 0 aliphatic carbocycles. The summed E-state index contributed by atoms with van der Waals surface area (Å²) in [6.07, 6.45) is 0.791. The van der Waals surface area contributed by atoms with Crippen LogP contribution in [0.2, 0.25) is 0 Å². The number of nitrogens with one attached hydrogen (secondary N) is 1. The Morgan fingerprint density at radius 3 is 2.35 bits per heavy atom. The van der Waals surface area contributed by atoms with Crippen molar-refractivity contribution in [2.75, 3.05) is 12.3 Å². The lowest BCUT2D eigenvalue weighted by Crippen LogP contribution is -2.16. The van der Waals surface area contributed by atoms with Gasteiger partial charge < -0.3 is 11.1 Å². The molecule has 0 aliphatic rings. The van der Waals surface area contributed by atoms with Gasteiger partial charge >= 0.3 is 0 Å². The van der Waals surface area contributed by atoms with Gasteiger partial charge in [0.2, 0.25) is 0 Å². The highest BCUT2D eigenvalue weighted by atomic mass is 19.2. The molecule has 0 aliphatic heterocycles. The van der Waals surface area contributed by atoms with Crippen molar-refractivity contribution in [1.82, 2.24) is 5.32 Å². The first kappa shape index (κ1) is 13.4. The van der Waals surface area contributed by atoms with Gasteiger partial charge in [0.05, 0.1) is 0 Å². The Balaban J connectivity index is 3.29. The van der Waals surface area contributed by atoms with Gasteiger partial charge in [-0.1, -0.05) is 13.5 Å². The molecule has 0 fully saturated rings. The molecule has 0 unspecified atom stereocenters. The number of hydrogen-bond donors (Lipinski definition) is 2. The zero-order valence-corrected chi connectivity index (χ0v) is 9.83. The molecule has 0 saturated carbocycles. The average molecular weight is 244 g/mol. The average Bonchev–Trinajstić information content (AvgIpc) is 2.31. The largest absolute Gasteiger partial charge is 0.394 e. The highest BCUT2D eigenvalue weighted by Crippen LogP contribution is 2.29. The maximum absolute atomic E-state index is 13.7. The van der Waals surface area contributed by atoms with Gasteiger partial charge in [-0.25, -0.2) is 13.2 Å². The summed E-state index contributed by atoms with van der Waals surface area (Å²) in [6, 6.07) is 0. The summed E-state index contributed by atoms with van der Waals surface area (Å²) in [5, 5.41) is 2.80. The quantitative estimate of drug-likeness (QED) is 0.631. The molecule has 5 heteroatoms. The van der Waals surface area contributed by atoms with E-state index >= 15 is 0 Å². The van der Waals surface area contributed by atoms with Gasteiger partial charge in [0, 0.05) is 17.8 Å². The molecule has 0 saturated heterocycles. The maximum Gasteiger partial charge on any atom is 0.185 e. The van der Waals surface area contributed by atoms with Crippen molar-refractivity contribution in [1.29, 1.82) is 0 Å². The SMILES string of the molecule is C=C(NCCC)c1c(C)c(F)c(N)c(F)c1F. The zero-order chi connectivity index (χ0) is 13.2. The van der Waals surface area contributed by atoms with Crippen LogP contribution in [-0.2, 0) is 0 Å². The van der Waals surface area contributed by atoms with Gasteiger partial charge in [-0.2, -0.15) is 0 Å². The smallest absolute Gasteiger partial charge is 0.185 e. The Hall–Kier alpha value is -1.65. The van der Waals surface area contributed by atoms with Crippen LogP contribution >= 0.6 is 0 Å². The lowest BCUT2D eigenvalue weighted by atomic mass is 10.0. The lowest BCUT2D eigenvalue weighted by Gasteiger charge is -2.15. The minimum absolute atomic E-state index is 0.0463. The van der Waals surface area contributed by atoms with Crippen LogP contribution in [0.4, 0.5) is 18.9 Å². The van der Waals surface area contributed by atoms with E-state index < -0.39 is 23.1 Å². The second-order valence-electron chi connectivity index (χ2n) is 3.76. The fraction of sp³-hybridized carbons (Fsp3) is 0.333. The molecular formula is C12H15F3N2. The fourth-order valence-electron chi connectivity index (χ4n) is 1.52. The summed E-state index contributed by atoms with van der Waals surface area (Å²) < 4.78 is 40.5. The van der Waals surface area contributed by atoms with E-state index in [9.17, 15) is 13.2 Å². The van der Waals surface area contributed by atoms with Crippen molar-refractivity contribution in [3.63, 3.8) is 0 Å². The van der Waals surface area contributed by atoms with E-state index in [2.05, 4.69) is 11.9 Å². The van der Waals surface area contributed by atoms with E-state index in [0.717, 1.165) is 6.42 Å². The topological polar surface area (TPSA) is 38.0 Å². The van der Waals surface area contributed by atoms with E-state index in [1.807, 2.05) is 6.92 Å². The Labute approximate surface area is 98.3 Å². The van der Waals surface area contributed by atoms with Crippen molar-refractivity contribution in [2.24, 2.45) is 0 Å². The summed E-state index contributed by atoms with van der Waals surface area (Å²) in [7, 11) is 0. The van der Waals surface area contributed by atoms with Crippen molar-refractivity contribution < 1.29 is 13.2 Å². The predicted molar refractivity (Wildman–Crippen MR) is 62.8 cm³/mol. The van der Waals surface area contributed by atoms with Gasteiger partial charge in [0.15, 0.2) is 17.5 Å². The second kappa shape index (κ2) is 5.12. The molecule has 1 aromatic carbocycles. The van der Waals surface area contributed by atoms with Crippen LogP contribution in [0.1, 0.15) is 24.5 Å². The summed E-state index contributed by atoms with van der Waals surface area (Å²) in [4.78, 5) is 0. The highest BCUT2D eigenvalue weighted by Gasteiger charge is 2.22. The Kier molecular flexibility index (Phi) is 4.04. The van der Waals surface area contributed by atoms with E-state index in [1.165, 1.54) is 6.92 Å². The third-order valence-corrected chi connectivity index (χ3v) is 2.48. The number of anilines is 1. The summed E-state index contributed by atoms with van der Waals surface area (Å²) >= 11 is 0. The van der Waals surface area contributed by atoms with Gasteiger partial charge in [-0.15, -0.1) is 0 Å². The molecule has 1 aromatic rings. The first-order valence-electron chi connectivity index (χ1n) is 5.27. The summed E-state index contributed by atoms with van der Waals surface area (Å²) in [5.74, 6) is -3.49. The molecule has 3 N–H and O–H groups in total. The molecule has 0 heterocycles. The number of hydrogen-bond acceptors (Lipinski definition) is 2. The molecule has 2 nitrogen and oxygen atoms in total. The molecular weight excluding hydrogens is 229 g/mol. The molecule has 0 spiro atoms. The molecule has 17 heavy (non-hydrogen) atoms. The van der Waals surface area contributed by atoms with E-state index in [-0.39, 0.29) is 16.8 Å². The minimum atomic E-state index is -1.37. The third kappa shape index (κ3) is 2.38. The molecule has 0 amide bonds. The van der Waals surface area contributed by atoms with Gasteiger partial charge in [-0.3, -0.25) is 0 Å². The van der Waals surface area contributed by atoms with Crippen LogP contribution in [0.5, 0.6) is 0 Å². The Morgan fingerprint density at radius 1 is 1.24 bits per heavy atom. The molecule has 1 rings (SSSR count). The van der Waals surface area contributed by atoms with Gasteiger partial charge in [-0.05, 0) is 18.9 Å². The third-order valence-electron chi connectivity index (χ3n) is 2.48. The normalized spacial score (nSPS) is 10.4. The number of rotatable bonds is 4. The maximum atomic E-state index is 13.7. The van der Waals surface area contributed by atoms with Crippen LogP contribution in [0.25, 0.3) is 5.70 Å². The van der Waals surface area contributed by atoms with E-state index in [4.69, 9.17) is 5.73 Å². The predicted octanol–water partition coefficient (Wildman–Crippen LogP) is 2.96. The summed E-state index contributed by atoms with van der Waals surface area (Å²) in [6.45, 7) is 7.36. The van der Waals surface area contributed by atoms with Crippen LogP contribution in [-0.4, -0.2) is 6.54 Å². The molecule has 0 atom stereocenters. The molecule has 94 valence electrons. The number of nitrogens with two attached hydrogens (primary N) is 1. The second-order valence-corrected chi connectivity index (χ2v) is 3.76. The summed E-state index contributed by atoms with van der Waals surface area (Å²) in [5.41, 5.74) is 4.23. The number of benzene rings is 1. The fourth-order valence-corrected chi connectivity index (χ4v) is 1.52. The van der Waals surface area contributed by atoms with Crippen molar-refractivity contribution >= 4 is 11.4 Å². The monoisotopic (exact) mass is 244 g/mol. The first-order valence-corrected chi connectivity index (χ1v) is 5.27. The number of halogens is 3. The highest BCUT2D eigenvalue weighted by molar-refractivity contribution is 5.68. The van der Waals surface area contributed by atoms with Gasteiger partial charge in [0.25, 0.3) is 0 Å². The van der Waals surface area contributed by atoms with Crippen molar-refractivity contribution in [3.8, 4) is 0 Å². The van der Waals surface area contributed by atoms with Crippen LogP contribution in [0, 0.1) is 24.4 Å². The zero-order valence-electron chi connectivity index (χ0n) is 9.83. The van der Waals surface area contributed by atoms with E-state index in [0.29, 0.717) is 6.54 Å². The van der Waals surface area contributed by atoms with Crippen LogP contribution < -0.4 is 11.1 Å². The standard InChI is InChI=1S/C12H15F3N2/c1-4-5-17-7(3)8-6(2)9(13)12(16)11(15)10(8)14/h17H,3-5,16H2,1-2H3. The van der Waals surface area contributed by atoms with Gasteiger partial charge in [0.1, 0.15) is 5.69 Å². The first-order chi connectivity index (χ1) is 7.91. The number of nitrogen functional groups attached to an aromatic ring is 1. The van der Waals surface area contributed by atoms with Crippen LogP contribution in [0.3, 0.4) is 0 Å². The van der Waals surface area contributed by atoms with Crippen molar-refractivity contribution in [3.05, 3.63) is 35.2 Å². The lowest BCUT2D eigenvalue weighted by molar-refractivity contribution is 0.494. The van der Waals surface area contributed by atoms with Crippen molar-refractivity contribution in [2.45, 2.75) is 20.3 Å². The van der Waals surface area contributed by atoms with Crippen LogP contribution in [0.15, 0.2) is 6.58 Å². The molecule has 0 aromatic heterocycles.